The van der Waals surface area contributed by atoms with Gasteiger partial charge in [-0.2, -0.15) is 0 Å². The molecule has 9 nitrogen and oxygen atoms in total. The molecule has 10 heteroatoms. The lowest BCUT2D eigenvalue weighted by Gasteiger charge is -2.32. The Labute approximate surface area is 206 Å². The molecule has 186 valence electrons. The Balaban J connectivity index is 1.54. The number of carbonyl (C=O) groups is 1. The van der Waals surface area contributed by atoms with Crippen molar-refractivity contribution in [3.63, 3.8) is 0 Å². The molecule has 0 bridgehead atoms. The summed E-state index contributed by atoms with van der Waals surface area (Å²) in [5.41, 5.74) is 2.13. The number of aliphatic hydroxyl groups excluding tert-OH is 1. The molecule has 0 aliphatic carbocycles. The van der Waals surface area contributed by atoms with Gasteiger partial charge in [0.25, 0.3) is 5.91 Å². The fraction of sp³-hybridized carbons (Fsp3) is 0.360. The van der Waals surface area contributed by atoms with Crippen molar-refractivity contribution in [3.8, 4) is 5.75 Å². The largest absolute Gasteiger partial charge is 0.483 e. The Morgan fingerprint density at radius 3 is 2.89 bits per heavy atom. The van der Waals surface area contributed by atoms with Gasteiger partial charge in [0, 0.05) is 51.1 Å². The number of likely N-dealkylation sites (tertiary alicyclic amines) is 1. The molecule has 4 rings (SSSR count). The number of β-amino-alcohol motifs (C(OH)–C–C–N with tert-alkyl or cyclic N) is 1. The van der Waals surface area contributed by atoms with Crippen molar-refractivity contribution < 1.29 is 23.0 Å². The van der Waals surface area contributed by atoms with E-state index in [1.54, 1.807) is 30.3 Å². The lowest BCUT2D eigenvalue weighted by molar-refractivity contribution is -0.134. The number of pyridine rings is 1. The number of benzene rings is 2. The van der Waals surface area contributed by atoms with Crippen molar-refractivity contribution >= 4 is 33.4 Å². The van der Waals surface area contributed by atoms with Crippen LogP contribution < -0.4 is 4.74 Å². The first kappa shape index (κ1) is 25.1. The Bertz CT molecular complexity index is 1260. The molecule has 1 amide bonds. The quantitative estimate of drug-likeness (QED) is 0.453. The lowest BCUT2D eigenvalue weighted by atomic mass is 10.0. The summed E-state index contributed by atoms with van der Waals surface area (Å²) >= 11 is 0. The molecule has 3 aromatic rings. The number of fused-ring (bicyclic) bond motifs is 1. The molecule has 1 aliphatic heterocycles. The van der Waals surface area contributed by atoms with Crippen molar-refractivity contribution in [2.75, 3.05) is 40.4 Å². The number of nitrogens with zero attached hydrogens (tertiary/aromatic N) is 4. The molecule has 2 aromatic carbocycles. The highest BCUT2D eigenvalue weighted by Gasteiger charge is 2.28. The highest BCUT2D eigenvalue weighted by Crippen LogP contribution is 2.28. The Morgan fingerprint density at radius 2 is 2.11 bits per heavy atom. The summed E-state index contributed by atoms with van der Waals surface area (Å²) in [6.45, 7) is 1.70. The maximum absolute atomic E-state index is 13.2. The fourth-order valence-electron chi connectivity index (χ4n) is 4.20. The smallest absolute Gasteiger partial charge is 0.260 e. The predicted molar refractivity (Wildman–Crippen MR) is 133 cm³/mol. The monoisotopic (exact) mass is 497 g/mol. The minimum Gasteiger partial charge on any atom is -0.483 e. The summed E-state index contributed by atoms with van der Waals surface area (Å²) in [4.78, 5) is 21.4. The highest BCUT2D eigenvalue weighted by atomic mass is 32.2. The van der Waals surface area contributed by atoms with Gasteiger partial charge in [0.2, 0.25) is 0 Å². The number of ether oxygens (including phenoxy) is 1. The van der Waals surface area contributed by atoms with Gasteiger partial charge in [-0.1, -0.05) is 29.1 Å². The second kappa shape index (κ2) is 11.6. The Morgan fingerprint density at radius 1 is 1.29 bits per heavy atom. The molecule has 0 saturated carbocycles. The molecule has 0 spiro atoms. The van der Waals surface area contributed by atoms with E-state index in [-0.39, 0.29) is 24.7 Å². The van der Waals surface area contributed by atoms with Gasteiger partial charge in [0.05, 0.1) is 17.7 Å². The first-order valence-corrected chi connectivity index (χ1v) is 12.4. The summed E-state index contributed by atoms with van der Waals surface area (Å²) in [5.74, 6) is 0.401. The standard InChI is InChI=1S/C25H29N4O5S/c1-28(25(31)17-34-24-10-4-9-22-21(24)8-5-12-26-22)23(16-29-13-11-20(30)15-29)18-6-3-7-19(14-18)27-35(32)33-2/h3-10,12,14,20,23,30H,11,13,15-17H2,1-2H3/q-1/t20-,23?/m0/s1. The minimum atomic E-state index is -1.79. The molecule has 2 heterocycles. The molecule has 1 unspecified atom stereocenters. The molecule has 0 radical (unpaired) electrons. The van der Waals surface area contributed by atoms with Crippen LogP contribution in [-0.2, 0) is 24.1 Å². The van der Waals surface area contributed by atoms with E-state index >= 15 is 0 Å². The van der Waals surface area contributed by atoms with Gasteiger partial charge in [-0.05, 0) is 48.4 Å². The molecular formula is C25H29N4O5S-. The van der Waals surface area contributed by atoms with Crippen LogP contribution in [-0.4, -0.2) is 72.3 Å². The molecule has 2 atom stereocenters. The number of hydrogen-bond donors (Lipinski definition) is 1. The van der Waals surface area contributed by atoms with Gasteiger partial charge in [0.1, 0.15) is 5.75 Å². The lowest BCUT2D eigenvalue weighted by Crippen LogP contribution is -2.40. The number of rotatable bonds is 9. The Hall–Kier alpha value is -3.05. The molecule has 1 fully saturated rings. The third-order valence-corrected chi connectivity index (χ3v) is 6.72. The van der Waals surface area contributed by atoms with Crippen molar-refractivity contribution in [1.29, 1.82) is 0 Å². The third-order valence-electron chi connectivity index (χ3n) is 6.07. The zero-order chi connectivity index (χ0) is 24.8. The van der Waals surface area contributed by atoms with Crippen molar-refractivity contribution in [2.45, 2.75) is 18.6 Å². The molecule has 1 N–H and O–H groups in total. The SMILES string of the molecule is CO[S-](=O)=Nc1cccc(C(CN2CC[C@H](O)C2)N(C)C(=O)COc2cccc3ncccc23)c1. The zero-order valence-corrected chi connectivity index (χ0v) is 20.6. The van der Waals surface area contributed by atoms with Gasteiger partial charge in [0.15, 0.2) is 6.61 Å². The van der Waals surface area contributed by atoms with Gasteiger partial charge in [-0.15, -0.1) is 0 Å². The van der Waals surface area contributed by atoms with Crippen LogP contribution in [0.25, 0.3) is 10.9 Å². The Kier molecular flexibility index (Phi) is 8.29. The number of amides is 1. The molecule has 1 aromatic heterocycles. The van der Waals surface area contributed by atoms with Crippen LogP contribution in [0.15, 0.2) is 65.2 Å². The van der Waals surface area contributed by atoms with E-state index in [4.69, 9.17) is 8.92 Å². The number of likely N-dealkylation sites (N-methyl/N-ethyl adjacent to an activating group) is 1. The van der Waals surface area contributed by atoms with E-state index < -0.39 is 10.9 Å². The van der Waals surface area contributed by atoms with E-state index in [0.29, 0.717) is 30.9 Å². The average Bonchev–Trinajstić information content (AvgIpc) is 3.30. The number of hydrogen-bond acceptors (Lipinski definition) is 9. The topological polar surface area (TPSA) is 105 Å². The van der Waals surface area contributed by atoms with Gasteiger partial charge >= 0.3 is 0 Å². The number of carbonyl (C=O) groups excluding carboxylic acids is 1. The second-order valence-corrected chi connectivity index (χ2v) is 9.36. The van der Waals surface area contributed by atoms with E-state index in [2.05, 4.69) is 14.2 Å². The summed E-state index contributed by atoms with van der Waals surface area (Å²) in [6.07, 6.45) is 2.05. The minimum absolute atomic E-state index is 0.138. The molecule has 35 heavy (non-hydrogen) atoms. The highest BCUT2D eigenvalue weighted by molar-refractivity contribution is 7.69. The molecule has 1 saturated heterocycles. The van der Waals surface area contributed by atoms with E-state index in [9.17, 15) is 14.1 Å². The van der Waals surface area contributed by atoms with Gasteiger partial charge in [-0.25, -0.2) is 0 Å². The average molecular weight is 498 g/mol. The van der Waals surface area contributed by atoms with Crippen LogP contribution in [0.3, 0.4) is 0 Å². The zero-order valence-electron chi connectivity index (χ0n) is 19.7. The van der Waals surface area contributed by atoms with E-state index in [1.807, 2.05) is 42.5 Å². The summed E-state index contributed by atoms with van der Waals surface area (Å²) in [6, 6.07) is 16.2. The molecular weight excluding hydrogens is 468 g/mol. The summed E-state index contributed by atoms with van der Waals surface area (Å²) in [5, 5.41) is 10.8. The first-order chi connectivity index (χ1) is 16.9. The van der Waals surface area contributed by atoms with E-state index in [0.717, 1.165) is 23.0 Å². The van der Waals surface area contributed by atoms with Crippen molar-refractivity contribution in [2.24, 2.45) is 4.36 Å². The third kappa shape index (κ3) is 6.34. The number of aliphatic hydroxyl groups is 1. The normalized spacial score (nSPS) is 18.0. The first-order valence-electron chi connectivity index (χ1n) is 11.4. The predicted octanol–water partition coefficient (Wildman–Crippen LogP) is 3.22. The maximum Gasteiger partial charge on any atom is 0.260 e. The van der Waals surface area contributed by atoms with Crippen LogP contribution in [0.4, 0.5) is 5.69 Å². The summed E-state index contributed by atoms with van der Waals surface area (Å²) in [7, 11) is 1.28. The van der Waals surface area contributed by atoms with Crippen LogP contribution >= 0.6 is 0 Å². The van der Waals surface area contributed by atoms with Crippen LogP contribution in [0.2, 0.25) is 0 Å². The fourth-order valence-corrected chi connectivity index (χ4v) is 4.56. The van der Waals surface area contributed by atoms with Gasteiger partial charge in [-0.3, -0.25) is 14.7 Å². The second-order valence-electron chi connectivity index (χ2n) is 8.41. The van der Waals surface area contributed by atoms with Crippen LogP contribution in [0, 0.1) is 0 Å². The number of aromatic nitrogens is 1. The maximum atomic E-state index is 13.2. The molecule has 1 aliphatic rings. The van der Waals surface area contributed by atoms with Crippen LogP contribution in [0.5, 0.6) is 5.75 Å². The van der Waals surface area contributed by atoms with Gasteiger partial charge < -0.3 is 27.5 Å². The van der Waals surface area contributed by atoms with Crippen LogP contribution in [0.1, 0.15) is 18.0 Å². The summed E-state index contributed by atoms with van der Waals surface area (Å²) < 4.78 is 26.4. The van der Waals surface area contributed by atoms with Crippen molar-refractivity contribution in [1.82, 2.24) is 14.8 Å². The van der Waals surface area contributed by atoms with E-state index in [1.165, 1.54) is 7.11 Å². The van der Waals surface area contributed by atoms with Crippen molar-refractivity contribution in [3.05, 3.63) is 66.4 Å².